The highest BCUT2D eigenvalue weighted by molar-refractivity contribution is 9.10. The fourth-order valence-electron chi connectivity index (χ4n) is 3.87. The Labute approximate surface area is 165 Å². The summed E-state index contributed by atoms with van der Waals surface area (Å²) in [5.74, 6) is 0.791. The molecule has 3 heterocycles. The number of aromatic amines is 2. The molecule has 5 rings (SSSR count). The number of fused-ring (bicyclic) bond motifs is 2. The second-order valence-electron chi connectivity index (χ2n) is 7.40. The second kappa shape index (κ2) is 6.35. The molecule has 138 valence electrons. The summed E-state index contributed by atoms with van der Waals surface area (Å²) in [6, 6.07) is 13.2. The number of halogens is 1. The number of hydrogen-bond acceptors (Lipinski definition) is 4. The van der Waals surface area contributed by atoms with Crippen molar-refractivity contribution in [3.63, 3.8) is 0 Å². The zero-order valence-corrected chi connectivity index (χ0v) is 16.9. The first-order valence-electron chi connectivity index (χ1n) is 9.13. The first-order valence-corrected chi connectivity index (χ1v) is 9.93. The molecule has 2 aromatic heterocycles. The SMILES string of the molecule is CN(C)C1CCN(c2ccc3nc(-c4n[nH]c5ccc(Br)cc45)[nH]c3c2)C1. The lowest BCUT2D eigenvalue weighted by molar-refractivity contribution is 0.315. The lowest BCUT2D eigenvalue weighted by atomic mass is 10.2. The summed E-state index contributed by atoms with van der Waals surface area (Å²) in [6.45, 7) is 2.16. The normalized spacial score (nSPS) is 17.6. The summed E-state index contributed by atoms with van der Waals surface area (Å²) >= 11 is 3.54. The number of aromatic nitrogens is 4. The van der Waals surface area contributed by atoms with Crippen LogP contribution in [0.3, 0.4) is 0 Å². The Hall–Kier alpha value is -2.38. The van der Waals surface area contributed by atoms with Gasteiger partial charge in [0, 0.05) is 34.7 Å². The van der Waals surface area contributed by atoms with Crippen molar-refractivity contribution in [2.45, 2.75) is 12.5 Å². The molecule has 1 saturated heterocycles. The third kappa shape index (κ3) is 2.91. The minimum absolute atomic E-state index is 0.617. The van der Waals surface area contributed by atoms with Crippen LogP contribution in [0.15, 0.2) is 40.9 Å². The highest BCUT2D eigenvalue weighted by Gasteiger charge is 2.24. The molecule has 0 radical (unpaired) electrons. The number of nitrogens with one attached hydrogen (secondary N) is 2. The van der Waals surface area contributed by atoms with Gasteiger partial charge in [0.2, 0.25) is 0 Å². The Bertz CT molecular complexity index is 1130. The van der Waals surface area contributed by atoms with E-state index in [2.05, 4.69) is 79.3 Å². The predicted octanol–water partition coefficient (Wildman–Crippen LogP) is 4.01. The lowest BCUT2D eigenvalue weighted by Gasteiger charge is -2.21. The Balaban J connectivity index is 1.51. The van der Waals surface area contributed by atoms with Gasteiger partial charge in [0.1, 0.15) is 5.69 Å². The van der Waals surface area contributed by atoms with Crippen molar-refractivity contribution >= 4 is 43.6 Å². The molecule has 1 atom stereocenters. The molecule has 1 unspecified atom stereocenters. The topological polar surface area (TPSA) is 63.8 Å². The Morgan fingerprint density at radius 2 is 2.04 bits per heavy atom. The van der Waals surface area contributed by atoms with Gasteiger partial charge in [0.05, 0.1) is 16.6 Å². The van der Waals surface area contributed by atoms with Crippen LogP contribution < -0.4 is 4.90 Å². The summed E-state index contributed by atoms with van der Waals surface area (Å²) in [5, 5.41) is 8.61. The van der Waals surface area contributed by atoms with E-state index in [1.165, 1.54) is 12.1 Å². The van der Waals surface area contributed by atoms with Gasteiger partial charge in [0.15, 0.2) is 5.82 Å². The second-order valence-corrected chi connectivity index (χ2v) is 8.32. The predicted molar refractivity (Wildman–Crippen MR) is 113 cm³/mol. The number of rotatable bonds is 3. The van der Waals surface area contributed by atoms with Crippen molar-refractivity contribution in [1.29, 1.82) is 0 Å². The smallest absolute Gasteiger partial charge is 0.159 e. The number of hydrogen-bond donors (Lipinski definition) is 2. The largest absolute Gasteiger partial charge is 0.370 e. The van der Waals surface area contributed by atoms with Gasteiger partial charge >= 0.3 is 0 Å². The van der Waals surface area contributed by atoms with Crippen molar-refractivity contribution in [3.8, 4) is 11.5 Å². The van der Waals surface area contributed by atoms with Crippen molar-refractivity contribution < 1.29 is 0 Å². The third-order valence-electron chi connectivity index (χ3n) is 5.47. The minimum atomic E-state index is 0.617. The van der Waals surface area contributed by atoms with Crippen LogP contribution in [-0.2, 0) is 0 Å². The number of likely N-dealkylation sites (N-methyl/N-ethyl adjacent to an activating group) is 1. The average Bonchev–Trinajstić information content (AvgIpc) is 3.37. The van der Waals surface area contributed by atoms with E-state index >= 15 is 0 Å². The van der Waals surface area contributed by atoms with Crippen LogP contribution in [0.1, 0.15) is 6.42 Å². The molecule has 6 nitrogen and oxygen atoms in total. The summed E-state index contributed by atoms with van der Waals surface area (Å²) in [4.78, 5) is 13.0. The first kappa shape index (κ1) is 16.8. The Kier molecular flexibility index (Phi) is 3.94. The standard InChI is InChI=1S/C20H21BrN6/c1-26(2)14-7-8-27(11-14)13-4-6-17-18(10-13)23-20(22-17)19-15-9-12(21)3-5-16(15)24-25-19/h3-6,9-10,14H,7-8,11H2,1-2H3,(H,22,23)(H,24,25). The minimum Gasteiger partial charge on any atom is -0.370 e. The number of nitrogens with zero attached hydrogens (tertiary/aromatic N) is 4. The zero-order valence-electron chi connectivity index (χ0n) is 15.3. The molecule has 0 aliphatic carbocycles. The lowest BCUT2D eigenvalue weighted by Crippen LogP contribution is -2.31. The number of H-pyrrole nitrogens is 2. The zero-order chi connectivity index (χ0) is 18.5. The van der Waals surface area contributed by atoms with E-state index in [9.17, 15) is 0 Å². The maximum atomic E-state index is 4.77. The van der Waals surface area contributed by atoms with Crippen LogP contribution in [0.2, 0.25) is 0 Å². The quantitative estimate of drug-likeness (QED) is 0.521. The van der Waals surface area contributed by atoms with Crippen LogP contribution in [0.4, 0.5) is 5.69 Å². The molecule has 1 aliphatic rings. The van der Waals surface area contributed by atoms with Crippen molar-refractivity contribution in [1.82, 2.24) is 25.1 Å². The molecule has 1 aliphatic heterocycles. The molecule has 27 heavy (non-hydrogen) atoms. The van der Waals surface area contributed by atoms with Crippen molar-refractivity contribution in [2.75, 3.05) is 32.1 Å². The monoisotopic (exact) mass is 424 g/mol. The average molecular weight is 425 g/mol. The molecule has 7 heteroatoms. The summed E-state index contributed by atoms with van der Waals surface area (Å²) in [7, 11) is 4.32. The van der Waals surface area contributed by atoms with Gasteiger partial charge in [-0.05, 0) is 56.9 Å². The maximum absolute atomic E-state index is 4.77. The van der Waals surface area contributed by atoms with Gasteiger partial charge in [-0.1, -0.05) is 15.9 Å². The number of anilines is 1. The summed E-state index contributed by atoms with van der Waals surface area (Å²) in [5.41, 5.74) is 5.10. The van der Waals surface area contributed by atoms with E-state index in [0.29, 0.717) is 6.04 Å². The summed E-state index contributed by atoms with van der Waals surface area (Å²) in [6.07, 6.45) is 1.20. The van der Waals surface area contributed by atoms with E-state index in [4.69, 9.17) is 4.98 Å². The molecule has 0 saturated carbocycles. The van der Waals surface area contributed by atoms with Crippen molar-refractivity contribution in [2.24, 2.45) is 0 Å². The maximum Gasteiger partial charge on any atom is 0.159 e. The summed E-state index contributed by atoms with van der Waals surface area (Å²) < 4.78 is 1.03. The molecule has 4 aromatic rings. The Morgan fingerprint density at radius 3 is 2.85 bits per heavy atom. The van der Waals surface area contributed by atoms with Crippen LogP contribution in [-0.4, -0.2) is 58.3 Å². The molecule has 0 bridgehead atoms. The van der Waals surface area contributed by atoms with Gasteiger partial charge in [0.25, 0.3) is 0 Å². The highest BCUT2D eigenvalue weighted by atomic mass is 79.9. The van der Waals surface area contributed by atoms with E-state index in [0.717, 1.165) is 51.0 Å². The van der Waals surface area contributed by atoms with Crippen molar-refractivity contribution in [3.05, 3.63) is 40.9 Å². The number of imidazole rings is 1. The van der Waals surface area contributed by atoms with E-state index < -0.39 is 0 Å². The van der Waals surface area contributed by atoms with Gasteiger partial charge in [-0.3, -0.25) is 5.10 Å². The van der Waals surface area contributed by atoms with Gasteiger partial charge in [-0.2, -0.15) is 5.10 Å². The van der Waals surface area contributed by atoms with Crippen LogP contribution in [0, 0.1) is 0 Å². The van der Waals surface area contributed by atoms with E-state index in [1.54, 1.807) is 0 Å². The highest BCUT2D eigenvalue weighted by Crippen LogP contribution is 2.30. The molecule has 1 fully saturated rings. The fraction of sp³-hybridized carbons (Fsp3) is 0.300. The molecule has 0 spiro atoms. The van der Waals surface area contributed by atoms with E-state index in [-0.39, 0.29) is 0 Å². The van der Waals surface area contributed by atoms with Crippen LogP contribution in [0.5, 0.6) is 0 Å². The van der Waals surface area contributed by atoms with E-state index in [1.807, 2.05) is 12.1 Å². The number of benzene rings is 2. The van der Waals surface area contributed by atoms with Crippen LogP contribution in [0.25, 0.3) is 33.5 Å². The first-order chi connectivity index (χ1) is 13.1. The third-order valence-corrected chi connectivity index (χ3v) is 5.97. The van der Waals surface area contributed by atoms with Crippen LogP contribution >= 0.6 is 15.9 Å². The fourth-order valence-corrected chi connectivity index (χ4v) is 4.23. The molecule has 2 aromatic carbocycles. The molecule has 2 N–H and O–H groups in total. The molecule has 0 amide bonds. The molecular formula is C20H21BrN6. The van der Waals surface area contributed by atoms with Gasteiger partial charge in [-0.25, -0.2) is 4.98 Å². The molecular weight excluding hydrogens is 404 g/mol. The van der Waals surface area contributed by atoms with Gasteiger partial charge in [-0.15, -0.1) is 0 Å². The Morgan fingerprint density at radius 1 is 1.15 bits per heavy atom. The van der Waals surface area contributed by atoms with Gasteiger partial charge < -0.3 is 14.8 Å².